The molecule has 0 aromatic heterocycles. The van der Waals surface area contributed by atoms with Crippen molar-refractivity contribution >= 4 is 21.4 Å². The Morgan fingerprint density at radius 3 is 2.82 bits per heavy atom. The van der Waals surface area contributed by atoms with E-state index in [-0.39, 0.29) is 17.3 Å². The molecule has 0 unspecified atom stereocenters. The zero-order valence-electron chi connectivity index (χ0n) is 11.3. The number of hydrogen-bond donors (Lipinski definition) is 1. The summed E-state index contributed by atoms with van der Waals surface area (Å²) in [7, 11) is -3.13. The molecule has 10 heteroatoms. The number of ether oxygens (including phenoxy) is 1. The van der Waals surface area contributed by atoms with Gasteiger partial charge in [0.25, 0.3) is 5.91 Å². The lowest BCUT2D eigenvalue weighted by Gasteiger charge is -2.11. The van der Waals surface area contributed by atoms with Gasteiger partial charge in [0.1, 0.15) is 5.82 Å². The number of nitro groups is 1. The molecular weight excluding hydrogens is 319 g/mol. The molecule has 0 saturated carbocycles. The third-order valence-electron chi connectivity index (χ3n) is 3.07. The number of carbonyl (C=O) groups excluding carboxylic acids is 1. The minimum absolute atomic E-state index is 0.00811. The van der Waals surface area contributed by atoms with Crippen LogP contribution in [-0.2, 0) is 14.6 Å². The van der Waals surface area contributed by atoms with Gasteiger partial charge >= 0.3 is 5.69 Å². The lowest BCUT2D eigenvalue weighted by atomic mass is 10.2. The smallest absolute Gasteiger partial charge is 0.311 e. The summed E-state index contributed by atoms with van der Waals surface area (Å²) in [5.74, 6) is -1.85. The first kappa shape index (κ1) is 16.1. The van der Waals surface area contributed by atoms with Gasteiger partial charge in [-0.1, -0.05) is 0 Å². The number of carbonyl (C=O) groups is 1. The van der Waals surface area contributed by atoms with Crippen molar-refractivity contribution in [2.75, 3.05) is 18.1 Å². The Labute approximate surface area is 125 Å². The predicted molar refractivity (Wildman–Crippen MR) is 73.8 cm³/mol. The third kappa shape index (κ3) is 4.13. The molecule has 0 bridgehead atoms. The van der Waals surface area contributed by atoms with Gasteiger partial charge in [-0.15, -0.1) is 0 Å². The van der Waals surface area contributed by atoms with Crippen LogP contribution in [0.2, 0.25) is 0 Å². The first-order valence-corrected chi connectivity index (χ1v) is 8.15. The highest BCUT2D eigenvalue weighted by atomic mass is 32.2. The average Bonchev–Trinajstić information content (AvgIpc) is 2.75. The minimum atomic E-state index is -3.13. The molecule has 1 atom stereocenters. The summed E-state index contributed by atoms with van der Waals surface area (Å²) in [5, 5.41) is 13.2. The largest absolute Gasteiger partial charge is 0.477 e. The van der Waals surface area contributed by atoms with E-state index in [1.165, 1.54) is 0 Å². The summed E-state index contributed by atoms with van der Waals surface area (Å²) >= 11 is 0. The van der Waals surface area contributed by atoms with Gasteiger partial charge in [0.2, 0.25) is 5.75 Å². The van der Waals surface area contributed by atoms with Crippen LogP contribution in [0.5, 0.6) is 5.75 Å². The number of nitrogens with one attached hydrogen (secondary N) is 1. The van der Waals surface area contributed by atoms with Crippen LogP contribution >= 0.6 is 0 Å². The minimum Gasteiger partial charge on any atom is -0.477 e. The molecule has 2 rings (SSSR count). The maximum Gasteiger partial charge on any atom is 0.311 e. The number of amides is 1. The quantitative estimate of drug-likeness (QED) is 0.617. The fourth-order valence-corrected chi connectivity index (χ4v) is 3.75. The summed E-state index contributed by atoms with van der Waals surface area (Å²) in [4.78, 5) is 21.7. The molecule has 1 aromatic carbocycles. The Bertz CT molecular complexity index is 706. The average molecular weight is 332 g/mol. The van der Waals surface area contributed by atoms with Gasteiger partial charge in [0.05, 0.1) is 16.4 Å². The van der Waals surface area contributed by atoms with Crippen molar-refractivity contribution in [2.24, 2.45) is 0 Å². The summed E-state index contributed by atoms with van der Waals surface area (Å²) in [6.07, 6.45) is 0.314. The lowest BCUT2D eigenvalue weighted by Crippen LogP contribution is -2.38. The fraction of sp³-hybridized carbons (Fsp3) is 0.417. The van der Waals surface area contributed by atoms with Gasteiger partial charge < -0.3 is 10.1 Å². The van der Waals surface area contributed by atoms with E-state index >= 15 is 0 Å². The van der Waals surface area contributed by atoms with Crippen LogP contribution in [0.3, 0.4) is 0 Å². The molecule has 8 nitrogen and oxygen atoms in total. The Hall–Kier alpha value is -2.23. The molecule has 1 fully saturated rings. The van der Waals surface area contributed by atoms with E-state index in [0.717, 1.165) is 18.2 Å². The van der Waals surface area contributed by atoms with Crippen LogP contribution in [0.1, 0.15) is 6.42 Å². The van der Waals surface area contributed by atoms with Crippen LogP contribution in [0.25, 0.3) is 0 Å². The number of halogens is 1. The number of nitrogens with zero attached hydrogens (tertiary/aromatic N) is 1. The molecule has 1 heterocycles. The highest BCUT2D eigenvalue weighted by Gasteiger charge is 2.29. The molecule has 0 radical (unpaired) electrons. The van der Waals surface area contributed by atoms with Crippen molar-refractivity contribution in [1.82, 2.24) is 5.32 Å². The van der Waals surface area contributed by atoms with Crippen molar-refractivity contribution in [1.29, 1.82) is 0 Å². The van der Waals surface area contributed by atoms with Crippen molar-refractivity contribution in [2.45, 2.75) is 12.5 Å². The van der Waals surface area contributed by atoms with Crippen LogP contribution in [0.4, 0.5) is 10.1 Å². The Kier molecular flexibility index (Phi) is 4.59. The van der Waals surface area contributed by atoms with E-state index in [4.69, 9.17) is 4.74 Å². The molecule has 1 aliphatic rings. The molecule has 1 aromatic rings. The summed E-state index contributed by atoms with van der Waals surface area (Å²) < 4.78 is 40.6. The van der Waals surface area contributed by atoms with E-state index in [9.17, 15) is 27.7 Å². The second-order valence-corrected chi connectivity index (χ2v) is 7.05. The Morgan fingerprint density at radius 2 is 2.23 bits per heavy atom. The number of benzene rings is 1. The molecule has 0 spiro atoms. The first-order chi connectivity index (χ1) is 10.3. The molecule has 1 N–H and O–H groups in total. The SMILES string of the molecule is O=C(COc1cc(F)ccc1[N+](=O)[O-])N[C@H]1CCS(=O)(=O)C1. The van der Waals surface area contributed by atoms with Gasteiger partial charge in [0, 0.05) is 18.2 Å². The number of nitro benzene ring substituents is 1. The normalized spacial score (nSPS) is 19.6. The van der Waals surface area contributed by atoms with E-state index < -0.39 is 44.8 Å². The maximum atomic E-state index is 13.1. The molecular formula is C12H13FN2O6S. The van der Waals surface area contributed by atoms with E-state index in [1.807, 2.05) is 0 Å². The second-order valence-electron chi connectivity index (χ2n) is 4.83. The summed E-state index contributed by atoms with van der Waals surface area (Å²) in [6, 6.07) is 2.16. The molecule has 1 amide bonds. The Morgan fingerprint density at radius 1 is 1.50 bits per heavy atom. The number of hydrogen-bond acceptors (Lipinski definition) is 6. The van der Waals surface area contributed by atoms with Crippen molar-refractivity contribution < 1.29 is 27.3 Å². The van der Waals surface area contributed by atoms with Crippen LogP contribution in [0, 0.1) is 15.9 Å². The number of rotatable bonds is 5. The summed E-state index contributed by atoms with van der Waals surface area (Å²) in [6.45, 7) is -0.569. The van der Waals surface area contributed by atoms with Crippen LogP contribution in [-0.4, -0.2) is 43.4 Å². The zero-order chi connectivity index (χ0) is 16.3. The Balaban J connectivity index is 1.94. The predicted octanol–water partition coefficient (Wildman–Crippen LogP) is 0.416. The monoisotopic (exact) mass is 332 g/mol. The van der Waals surface area contributed by atoms with E-state index in [1.54, 1.807) is 0 Å². The molecule has 1 aliphatic heterocycles. The number of sulfone groups is 1. The lowest BCUT2D eigenvalue weighted by molar-refractivity contribution is -0.385. The zero-order valence-corrected chi connectivity index (χ0v) is 12.1. The molecule has 1 saturated heterocycles. The standard InChI is InChI=1S/C12H13FN2O6S/c13-8-1-2-10(15(17)18)11(5-8)21-6-12(16)14-9-3-4-22(19,20)7-9/h1-2,5,9H,3-4,6-7H2,(H,14,16)/t9-/m0/s1. The van der Waals surface area contributed by atoms with Gasteiger partial charge in [-0.2, -0.15) is 0 Å². The van der Waals surface area contributed by atoms with Gasteiger partial charge in [-0.05, 0) is 12.5 Å². The van der Waals surface area contributed by atoms with E-state index in [2.05, 4.69) is 5.32 Å². The van der Waals surface area contributed by atoms with Gasteiger partial charge in [-0.25, -0.2) is 12.8 Å². The van der Waals surface area contributed by atoms with Crippen molar-refractivity contribution in [3.05, 3.63) is 34.1 Å². The van der Waals surface area contributed by atoms with Crippen LogP contribution < -0.4 is 10.1 Å². The molecule has 120 valence electrons. The molecule has 22 heavy (non-hydrogen) atoms. The summed E-state index contributed by atoms with van der Waals surface area (Å²) in [5.41, 5.74) is -0.461. The fourth-order valence-electron chi connectivity index (χ4n) is 2.08. The van der Waals surface area contributed by atoms with E-state index in [0.29, 0.717) is 6.42 Å². The van der Waals surface area contributed by atoms with Crippen LogP contribution in [0.15, 0.2) is 18.2 Å². The van der Waals surface area contributed by atoms with Gasteiger partial charge in [0.15, 0.2) is 16.4 Å². The van der Waals surface area contributed by atoms with Gasteiger partial charge in [-0.3, -0.25) is 14.9 Å². The first-order valence-electron chi connectivity index (χ1n) is 6.33. The third-order valence-corrected chi connectivity index (χ3v) is 4.84. The highest BCUT2D eigenvalue weighted by molar-refractivity contribution is 7.91. The van der Waals surface area contributed by atoms with Crippen molar-refractivity contribution in [3.8, 4) is 5.75 Å². The molecule has 0 aliphatic carbocycles. The highest BCUT2D eigenvalue weighted by Crippen LogP contribution is 2.27. The van der Waals surface area contributed by atoms with Crippen molar-refractivity contribution in [3.63, 3.8) is 0 Å². The topological polar surface area (TPSA) is 116 Å². The maximum absolute atomic E-state index is 13.1. The second kappa shape index (κ2) is 6.26.